The van der Waals surface area contributed by atoms with Crippen molar-refractivity contribution in [3.05, 3.63) is 94.1 Å². The molecule has 3 aromatic carbocycles. The molecule has 200 valence electrons. The quantitative estimate of drug-likeness (QED) is 0.265. The Morgan fingerprint density at radius 3 is 1.51 bits per heavy atom. The van der Waals surface area contributed by atoms with Crippen molar-refractivity contribution in [1.82, 2.24) is 0 Å². The summed E-state index contributed by atoms with van der Waals surface area (Å²) in [5, 5.41) is 0. The lowest BCUT2D eigenvalue weighted by Gasteiger charge is -2.21. The molecule has 0 N–H and O–H groups in total. The topological polar surface area (TPSA) is 18.5 Å². The Balaban J connectivity index is 1.81. The van der Waals surface area contributed by atoms with Crippen LogP contribution in [-0.4, -0.2) is 0 Å². The van der Waals surface area contributed by atoms with Crippen molar-refractivity contribution < 1.29 is 57.8 Å². The highest BCUT2D eigenvalue weighted by atomic mass is 19.4. The van der Waals surface area contributed by atoms with Gasteiger partial charge in [-0.15, -0.1) is 0 Å². The van der Waals surface area contributed by atoms with Crippen LogP contribution in [-0.2, 0) is 24.8 Å². The lowest BCUT2D eigenvalue weighted by atomic mass is 10.1. The molecule has 0 aromatic heterocycles. The zero-order valence-electron chi connectivity index (χ0n) is 18.5. The summed E-state index contributed by atoms with van der Waals surface area (Å²) in [6.07, 6.45) is -13.7. The number of ether oxygens (including phenoxy) is 2. The van der Waals surface area contributed by atoms with Crippen LogP contribution in [0.5, 0.6) is 11.5 Å². The van der Waals surface area contributed by atoms with E-state index in [0.717, 1.165) is 0 Å². The summed E-state index contributed by atoms with van der Waals surface area (Å²) in [6, 6.07) is 3.32. The largest absolute Gasteiger partial charge is 0.432 e. The molecule has 3 aromatic rings. The summed E-state index contributed by atoms with van der Waals surface area (Å²) < 4.78 is 160. The highest BCUT2D eigenvalue weighted by Gasteiger charge is 2.42. The van der Waals surface area contributed by atoms with E-state index in [0.29, 0.717) is 42.8 Å². The summed E-state index contributed by atoms with van der Waals surface area (Å²) in [5.41, 5.74) is -4.95. The molecule has 0 atom stereocenters. The van der Waals surface area contributed by atoms with Crippen LogP contribution in [0.1, 0.15) is 35.6 Å². The van der Waals surface area contributed by atoms with E-state index in [-0.39, 0.29) is 24.1 Å². The lowest BCUT2D eigenvalue weighted by molar-refractivity contribution is -0.190. The van der Waals surface area contributed by atoms with Crippen LogP contribution in [0, 0.1) is 23.3 Å². The van der Waals surface area contributed by atoms with E-state index in [9.17, 15) is 48.3 Å². The first-order valence-electron chi connectivity index (χ1n) is 10.3. The molecule has 0 spiro atoms. The number of halogens is 11. The average molecular weight is 544 g/mol. The van der Waals surface area contributed by atoms with E-state index >= 15 is 0 Å². The number of hydrogen-bond acceptors (Lipinski definition) is 2. The fourth-order valence-electron chi connectivity index (χ4n) is 3.34. The molecular weight excluding hydrogens is 529 g/mol. The third kappa shape index (κ3) is 6.25. The second kappa shape index (κ2) is 10.1. The van der Waals surface area contributed by atoms with Gasteiger partial charge in [0.15, 0.2) is 0 Å². The van der Waals surface area contributed by atoms with Crippen LogP contribution >= 0.6 is 0 Å². The minimum atomic E-state index is -5.43. The highest BCUT2D eigenvalue weighted by molar-refractivity contribution is 5.35. The first-order chi connectivity index (χ1) is 17.0. The van der Waals surface area contributed by atoms with Gasteiger partial charge in [-0.05, 0) is 48.4 Å². The molecule has 37 heavy (non-hydrogen) atoms. The fraction of sp³-hybridized carbons (Fsp3) is 0.250. The molecule has 2 nitrogen and oxygen atoms in total. The van der Waals surface area contributed by atoms with Gasteiger partial charge in [-0.3, -0.25) is 0 Å². The molecular formula is C24H15F11O2. The maximum Gasteiger partial charge on any atom is 0.432 e. The standard InChI is InChI=1S/C24H15F11O2/c1-2-3-12-8-16(25)21(17(26)9-12)24(34,35)36-14-6-4-13(5-7-14)23(32,33)37-15-10-18(27)20(19(28)11-15)22(29,30)31/h4-11H,2-3H2,1H3. The van der Waals surface area contributed by atoms with E-state index in [1.165, 1.54) is 0 Å². The zero-order valence-corrected chi connectivity index (χ0v) is 18.5. The minimum Gasteiger partial charge on any atom is -0.429 e. The normalized spacial score (nSPS) is 12.5. The van der Waals surface area contributed by atoms with Crippen LogP contribution in [0.25, 0.3) is 0 Å². The molecule has 0 saturated carbocycles. The van der Waals surface area contributed by atoms with Gasteiger partial charge < -0.3 is 9.47 Å². The number of hydrogen-bond donors (Lipinski definition) is 0. The molecule has 0 fully saturated rings. The van der Waals surface area contributed by atoms with Crippen molar-refractivity contribution in [2.24, 2.45) is 0 Å². The summed E-state index contributed by atoms with van der Waals surface area (Å²) in [7, 11) is 0. The Kier molecular flexibility index (Phi) is 7.66. The number of benzene rings is 3. The first-order valence-corrected chi connectivity index (χ1v) is 10.3. The van der Waals surface area contributed by atoms with Gasteiger partial charge in [0.25, 0.3) is 0 Å². The molecule has 13 heteroatoms. The number of aryl methyl sites for hydroxylation is 1. The summed E-state index contributed by atoms with van der Waals surface area (Å²) in [4.78, 5) is 0. The van der Waals surface area contributed by atoms with Gasteiger partial charge in [0, 0.05) is 12.1 Å². The SMILES string of the molecule is CCCc1cc(F)c(C(F)(F)Oc2ccc(C(F)(F)Oc3cc(F)c(C(F)(F)F)c(F)c3)cc2)c(F)c1. The molecule has 0 aliphatic rings. The second-order valence-corrected chi connectivity index (χ2v) is 7.71. The van der Waals surface area contributed by atoms with Crippen molar-refractivity contribution in [2.45, 2.75) is 38.2 Å². The molecule has 0 aliphatic heterocycles. The minimum absolute atomic E-state index is 0.104. The monoisotopic (exact) mass is 544 g/mol. The number of alkyl halides is 7. The van der Waals surface area contributed by atoms with E-state index in [4.69, 9.17) is 0 Å². The molecule has 0 unspecified atom stereocenters. The van der Waals surface area contributed by atoms with Crippen LogP contribution in [0.4, 0.5) is 48.3 Å². The van der Waals surface area contributed by atoms with Crippen LogP contribution in [0.2, 0.25) is 0 Å². The van der Waals surface area contributed by atoms with Gasteiger partial charge >= 0.3 is 18.4 Å². The molecule has 0 radical (unpaired) electrons. The van der Waals surface area contributed by atoms with Crippen molar-refractivity contribution in [2.75, 3.05) is 0 Å². The zero-order chi connectivity index (χ0) is 27.8. The molecule has 0 amide bonds. The van der Waals surface area contributed by atoms with E-state index in [2.05, 4.69) is 9.47 Å². The van der Waals surface area contributed by atoms with Crippen molar-refractivity contribution in [1.29, 1.82) is 0 Å². The van der Waals surface area contributed by atoms with Gasteiger partial charge in [-0.25, -0.2) is 17.6 Å². The lowest BCUT2D eigenvalue weighted by Crippen LogP contribution is -2.26. The maximum atomic E-state index is 14.5. The summed E-state index contributed by atoms with van der Waals surface area (Å²) >= 11 is 0. The van der Waals surface area contributed by atoms with Crippen molar-refractivity contribution in [3.63, 3.8) is 0 Å². The van der Waals surface area contributed by atoms with Crippen LogP contribution < -0.4 is 9.47 Å². The molecule has 3 rings (SSSR count). The smallest absolute Gasteiger partial charge is 0.429 e. The third-order valence-electron chi connectivity index (χ3n) is 4.91. The Bertz CT molecular complexity index is 1220. The van der Waals surface area contributed by atoms with Gasteiger partial charge in [0.05, 0.1) is 5.56 Å². The predicted octanol–water partition coefficient (Wildman–Crippen LogP) is 8.47. The Morgan fingerprint density at radius 2 is 1.05 bits per heavy atom. The molecule has 0 bridgehead atoms. The number of rotatable bonds is 8. The van der Waals surface area contributed by atoms with E-state index < -0.39 is 69.9 Å². The van der Waals surface area contributed by atoms with E-state index in [1.54, 1.807) is 6.92 Å². The Morgan fingerprint density at radius 1 is 0.595 bits per heavy atom. The van der Waals surface area contributed by atoms with Gasteiger partial charge in [0.1, 0.15) is 45.9 Å². The van der Waals surface area contributed by atoms with E-state index in [1.807, 2.05) is 0 Å². The summed E-state index contributed by atoms with van der Waals surface area (Å²) in [6.45, 7) is 1.71. The van der Waals surface area contributed by atoms with Crippen LogP contribution in [0.3, 0.4) is 0 Å². The first kappa shape index (κ1) is 28.1. The van der Waals surface area contributed by atoms with Crippen molar-refractivity contribution >= 4 is 0 Å². The van der Waals surface area contributed by atoms with Gasteiger partial charge in [0.2, 0.25) is 0 Å². The second-order valence-electron chi connectivity index (χ2n) is 7.71. The van der Waals surface area contributed by atoms with Gasteiger partial charge in [-0.2, -0.15) is 30.7 Å². The average Bonchev–Trinajstić information content (AvgIpc) is 2.71. The van der Waals surface area contributed by atoms with Gasteiger partial charge in [-0.1, -0.05) is 13.3 Å². The van der Waals surface area contributed by atoms with Crippen molar-refractivity contribution in [3.8, 4) is 11.5 Å². The Labute approximate surface area is 202 Å². The molecule has 0 saturated heterocycles. The summed E-state index contributed by atoms with van der Waals surface area (Å²) in [5.74, 6) is -9.66. The Hall–Kier alpha value is -3.51. The predicted molar refractivity (Wildman–Crippen MR) is 107 cm³/mol. The fourth-order valence-corrected chi connectivity index (χ4v) is 3.34. The van der Waals surface area contributed by atoms with Crippen LogP contribution in [0.15, 0.2) is 48.5 Å². The third-order valence-corrected chi connectivity index (χ3v) is 4.91. The molecule has 0 aliphatic carbocycles. The molecule has 0 heterocycles. The maximum absolute atomic E-state index is 14.5. The highest BCUT2D eigenvalue weighted by Crippen LogP contribution is 2.39.